The van der Waals surface area contributed by atoms with Gasteiger partial charge in [0.2, 0.25) is 0 Å². The van der Waals surface area contributed by atoms with E-state index in [-0.39, 0.29) is 23.8 Å². The van der Waals surface area contributed by atoms with E-state index < -0.39 is 10.8 Å². The first-order chi connectivity index (χ1) is 14.9. The summed E-state index contributed by atoms with van der Waals surface area (Å²) in [6.07, 6.45) is 0. The molecule has 0 aliphatic carbocycles. The zero-order valence-electron chi connectivity index (χ0n) is 17.0. The van der Waals surface area contributed by atoms with Crippen molar-refractivity contribution in [1.29, 1.82) is 0 Å². The van der Waals surface area contributed by atoms with Crippen LogP contribution >= 0.6 is 11.6 Å². The number of halogens is 1. The molecule has 1 saturated heterocycles. The van der Waals surface area contributed by atoms with Gasteiger partial charge < -0.3 is 15.0 Å². The Kier molecular flexibility index (Phi) is 7.43. The topological polar surface area (TPSA) is 105 Å². The zero-order valence-corrected chi connectivity index (χ0v) is 17.8. The molecule has 1 amide bonds. The minimum Gasteiger partial charge on any atom is -0.465 e. The Labute approximate surface area is 184 Å². The number of carbonyl (C=O) groups excluding carboxylic acids is 2. The van der Waals surface area contributed by atoms with Gasteiger partial charge in [0.1, 0.15) is 11.3 Å². The van der Waals surface area contributed by atoms with Crippen LogP contribution in [-0.4, -0.2) is 61.0 Å². The fourth-order valence-electron chi connectivity index (χ4n) is 3.43. The van der Waals surface area contributed by atoms with E-state index in [4.69, 9.17) is 16.3 Å². The van der Waals surface area contributed by atoms with Gasteiger partial charge in [-0.15, -0.1) is 0 Å². The van der Waals surface area contributed by atoms with Crippen molar-refractivity contribution in [2.75, 3.05) is 49.5 Å². The molecule has 1 aliphatic heterocycles. The van der Waals surface area contributed by atoms with Crippen molar-refractivity contribution in [2.24, 2.45) is 0 Å². The highest BCUT2D eigenvalue weighted by molar-refractivity contribution is 6.30. The molecule has 0 bridgehead atoms. The lowest BCUT2D eigenvalue weighted by Gasteiger charge is -2.35. The normalized spacial score (nSPS) is 14.2. The van der Waals surface area contributed by atoms with Crippen molar-refractivity contribution in [3.8, 4) is 0 Å². The molecule has 0 unspecified atom stereocenters. The molecular formula is C21H23ClN4O5. The summed E-state index contributed by atoms with van der Waals surface area (Å²) in [6.45, 7) is 4.35. The number of nitro groups is 1. The largest absolute Gasteiger partial charge is 0.465 e. The van der Waals surface area contributed by atoms with Gasteiger partial charge in [-0.25, -0.2) is 0 Å². The SMILES string of the molecule is CCOC(=O)CN1CCN(c2cccc(C(=O)Nc3ccc(Cl)cc3)c2[N+](=O)[O-])CC1. The number of carbonyl (C=O) groups is 2. The van der Waals surface area contributed by atoms with Gasteiger partial charge in [0.05, 0.1) is 18.1 Å². The molecule has 0 radical (unpaired) electrons. The molecule has 10 heteroatoms. The lowest BCUT2D eigenvalue weighted by Crippen LogP contribution is -2.48. The zero-order chi connectivity index (χ0) is 22.4. The second-order valence-corrected chi connectivity index (χ2v) is 7.40. The first-order valence-corrected chi connectivity index (χ1v) is 10.2. The van der Waals surface area contributed by atoms with Gasteiger partial charge in [-0.1, -0.05) is 17.7 Å². The fraction of sp³-hybridized carbons (Fsp3) is 0.333. The highest BCUT2D eigenvalue weighted by atomic mass is 35.5. The van der Waals surface area contributed by atoms with E-state index >= 15 is 0 Å². The molecular weight excluding hydrogens is 424 g/mol. The van der Waals surface area contributed by atoms with Crippen molar-refractivity contribution in [3.05, 3.63) is 63.2 Å². The Morgan fingerprint density at radius 1 is 1.13 bits per heavy atom. The highest BCUT2D eigenvalue weighted by Gasteiger charge is 2.29. The van der Waals surface area contributed by atoms with Gasteiger partial charge in [-0.05, 0) is 43.3 Å². The molecule has 0 saturated carbocycles. The van der Waals surface area contributed by atoms with E-state index in [1.54, 1.807) is 43.3 Å². The van der Waals surface area contributed by atoms with Gasteiger partial charge in [0.25, 0.3) is 5.91 Å². The Morgan fingerprint density at radius 2 is 1.81 bits per heavy atom. The number of anilines is 2. The van der Waals surface area contributed by atoms with Crippen molar-refractivity contribution in [1.82, 2.24) is 4.90 Å². The third kappa shape index (κ3) is 5.71. The van der Waals surface area contributed by atoms with Crippen LogP contribution in [0.15, 0.2) is 42.5 Å². The Morgan fingerprint density at radius 3 is 2.42 bits per heavy atom. The van der Waals surface area contributed by atoms with Crippen LogP contribution in [0.1, 0.15) is 17.3 Å². The maximum Gasteiger partial charge on any atom is 0.320 e. The van der Waals surface area contributed by atoms with Gasteiger partial charge in [0, 0.05) is 36.9 Å². The summed E-state index contributed by atoms with van der Waals surface area (Å²) in [5.41, 5.74) is 0.602. The number of rotatable bonds is 7. The highest BCUT2D eigenvalue weighted by Crippen LogP contribution is 2.33. The van der Waals surface area contributed by atoms with Gasteiger partial charge in [-0.2, -0.15) is 0 Å². The molecule has 0 spiro atoms. The minimum absolute atomic E-state index is 0.0218. The molecule has 31 heavy (non-hydrogen) atoms. The molecule has 0 aromatic heterocycles. The quantitative estimate of drug-likeness (QED) is 0.395. The average molecular weight is 447 g/mol. The van der Waals surface area contributed by atoms with Crippen molar-refractivity contribution in [3.63, 3.8) is 0 Å². The second-order valence-electron chi connectivity index (χ2n) is 6.96. The van der Waals surface area contributed by atoms with Crippen molar-refractivity contribution in [2.45, 2.75) is 6.92 Å². The predicted molar refractivity (Wildman–Crippen MR) is 118 cm³/mol. The number of nitro benzene ring substituents is 1. The number of benzene rings is 2. The van der Waals surface area contributed by atoms with E-state index in [2.05, 4.69) is 5.32 Å². The van der Waals surface area contributed by atoms with Gasteiger partial charge >= 0.3 is 11.7 Å². The molecule has 1 fully saturated rings. The molecule has 0 atom stereocenters. The molecule has 2 aromatic carbocycles. The van der Waals surface area contributed by atoms with E-state index in [0.717, 1.165) is 0 Å². The van der Waals surface area contributed by atoms with E-state index in [1.807, 2.05) is 9.80 Å². The van der Waals surface area contributed by atoms with Crippen LogP contribution in [0.25, 0.3) is 0 Å². The lowest BCUT2D eigenvalue weighted by atomic mass is 10.1. The summed E-state index contributed by atoms with van der Waals surface area (Å²) in [4.78, 5) is 39.6. The van der Waals surface area contributed by atoms with Crippen molar-refractivity contribution >= 4 is 40.5 Å². The summed E-state index contributed by atoms with van der Waals surface area (Å²) in [5.74, 6) is -0.861. The van der Waals surface area contributed by atoms with Crippen LogP contribution in [0.2, 0.25) is 5.02 Å². The maximum atomic E-state index is 12.8. The van der Waals surface area contributed by atoms with Crippen LogP contribution in [0, 0.1) is 10.1 Å². The number of nitrogens with one attached hydrogen (secondary N) is 1. The first-order valence-electron chi connectivity index (χ1n) is 9.86. The molecule has 1 aliphatic rings. The monoisotopic (exact) mass is 446 g/mol. The summed E-state index contributed by atoms with van der Waals surface area (Å²) < 4.78 is 4.97. The summed E-state index contributed by atoms with van der Waals surface area (Å²) in [5, 5.41) is 15.1. The summed E-state index contributed by atoms with van der Waals surface area (Å²) in [7, 11) is 0. The summed E-state index contributed by atoms with van der Waals surface area (Å²) >= 11 is 5.86. The molecule has 3 rings (SSSR count). The number of hydrogen-bond donors (Lipinski definition) is 1. The van der Waals surface area contributed by atoms with E-state index in [1.165, 1.54) is 6.07 Å². The van der Waals surface area contributed by atoms with Crippen LogP contribution in [-0.2, 0) is 9.53 Å². The second kappa shape index (κ2) is 10.2. The smallest absolute Gasteiger partial charge is 0.320 e. The summed E-state index contributed by atoms with van der Waals surface area (Å²) in [6, 6.07) is 11.2. The standard InChI is InChI=1S/C21H23ClN4O5/c1-2-31-19(27)14-24-10-12-25(13-11-24)18-5-3-4-17(20(18)26(29)30)21(28)23-16-8-6-15(22)7-9-16/h3-9H,2,10-14H2,1H3,(H,23,28). The van der Waals surface area contributed by atoms with Crippen LogP contribution < -0.4 is 10.2 Å². The van der Waals surface area contributed by atoms with Crippen molar-refractivity contribution < 1.29 is 19.2 Å². The van der Waals surface area contributed by atoms with Crippen LogP contribution in [0.5, 0.6) is 0 Å². The van der Waals surface area contributed by atoms with E-state index in [0.29, 0.717) is 49.2 Å². The van der Waals surface area contributed by atoms with Crippen LogP contribution in [0.3, 0.4) is 0 Å². The number of nitrogens with zero attached hydrogens (tertiary/aromatic N) is 3. The molecule has 1 N–H and O–H groups in total. The Hall–Kier alpha value is -3.17. The minimum atomic E-state index is -0.572. The number of para-hydroxylation sites is 1. The molecule has 1 heterocycles. The Balaban J connectivity index is 1.76. The third-order valence-electron chi connectivity index (χ3n) is 4.92. The fourth-order valence-corrected chi connectivity index (χ4v) is 3.56. The van der Waals surface area contributed by atoms with Gasteiger partial charge in [0.15, 0.2) is 0 Å². The average Bonchev–Trinajstić information content (AvgIpc) is 2.75. The van der Waals surface area contributed by atoms with Crippen LogP contribution in [0.4, 0.5) is 17.1 Å². The van der Waals surface area contributed by atoms with E-state index in [9.17, 15) is 19.7 Å². The predicted octanol–water partition coefficient (Wildman–Crippen LogP) is 3.19. The lowest BCUT2D eigenvalue weighted by molar-refractivity contribution is -0.384. The molecule has 9 nitrogen and oxygen atoms in total. The number of amides is 1. The number of piperazine rings is 1. The number of esters is 1. The maximum absolute atomic E-state index is 12.8. The third-order valence-corrected chi connectivity index (χ3v) is 5.17. The Bertz CT molecular complexity index is 959. The number of ether oxygens (including phenoxy) is 1. The first kappa shape index (κ1) is 22.5. The molecule has 2 aromatic rings. The molecule has 164 valence electrons. The van der Waals surface area contributed by atoms with Gasteiger partial charge in [-0.3, -0.25) is 24.6 Å². The number of hydrogen-bond acceptors (Lipinski definition) is 7.